The minimum Gasteiger partial charge on any atom is -0.462 e. The van der Waals surface area contributed by atoms with Crippen LogP contribution in [0.2, 0.25) is 0 Å². The molecule has 0 aliphatic carbocycles. The molecule has 0 radical (unpaired) electrons. The van der Waals surface area contributed by atoms with Gasteiger partial charge in [0.2, 0.25) is 0 Å². The van der Waals surface area contributed by atoms with E-state index < -0.39 is 12.1 Å². The molecule has 0 spiro atoms. The summed E-state index contributed by atoms with van der Waals surface area (Å²) >= 11 is 0. The second-order valence-electron chi connectivity index (χ2n) is 19.9. The Balaban J connectivity index is 4.55. The van der Waals surface area contributed by atoms with Crippen LogP contribution < -0.4 is 0 Å². The molecule has 0 bridgehead atoms. The molecule has 0 fully saturated rings. The maximum Gasteiger partial charge on any atom is 0.306 e. The molecule has 1 atom stereocenters. The molecular formula is C70H112O6. The fourth-order valence-electron chi connectivity index (χ4n) is 8.06. The fourth-order valence-corrected chi connectivity index (χ4v) is 8.06. The Morgan fingerprint density at radius 2 is 0.539 bits per heavy atom. The quantitative estimate of drug-likeness (QED) is 0.0261. The first-order valence-electron chi connectivity index (χ1n) is 30.8. The maximum absolute atomic E-state index is 12.9. The maximum atomic E-state index is 12.9. The van der Waals surface area contributed by atoms with Gasteiger partial charge in [-0.3, -0.25) is 14.4 Å². The van der Waals surface area contributed by atoms with Gasteiger partial charge in [-0.15, -0.1) is 0 Å². The summed E-state index contributed by atoms with van der Waals surface area (Å²) in [6, 6.07) is 0. The van der Waals surface area contributed by atoms with Crippen LogP contribution in [0.4, 0.5) is 0 Å². The molecule has 0 rings (SSSR count). The van der Waals surface area contributed by atoms with Gasteiger partial charge in [-0.1, -0.05) is 276 Å². The zero-order valence-electron chi connectivity index (χ0n) is 49.0. The van der Waals surface area contributed by atoms with Crippen LogP contribution in [-0.4, -0.2) is 37.2 Å². The summed E-state index contributed by atoms with van der Waals surface area (Å²) in [7, 11) is 0. The molecule has 1 unspecified atom stereocenters. The zero-order valence-corrected chi connectivity index (χ0v) is 49.0. The summed E-state index contributed by atoms with van der Waals surface area (Å²) in [5.41, 5.74) is 0. The van der Waals surface area contributed by atoms with E-state index in [1.54, 1.807) is 0 Å². The smallest absolute Gasteiger partial charge is 0.306 e. The summed E-state index contributed by atoms with van der Waals surface area (Å²) in [6.07, 6.45) is 90.0. The standard InChI is InChI=1S/C70H112O6/c1-4-7-10-13-16-19-22-25-28-31-33-34-35-36-38-39-42-45-48-51-54-57-60-63-69(72)75-66-67(65-74-68(71)62-59-56-53-50-47-44-41-30-27-24-21-18-15-12-9-6-3)76-70(73)64-61-58-55-52-49-46-43-40-37-32-29-26-23-20-17-14-11-8-5-2/h7-8,10-11,16-17,19-20,25-26,28-29,33-34,36-38,40,42,45-46,49,55,58,67H,4-6,9,12-15,18,21-24,27,30-32,35,39,41,43-44,47-48,50-54,56-57,59-66H2,1-3H3/b10-7-,11-8-,19-16-,20-17-,28-25-,29-26-,34-33-,38-36-,40-37-,45-42-,49-46-,58-55-. The van der Waals surface area contributed by atoms with E-state index in [1.807, 2.05) is 12.2 Å². The molecule has 0 aromatic rings. The molecule has 76 heavy (non-hydrogen) atoms. The van der Waals surface area contributed by atoms with Crippen LogP contribution in [0.25, 0.3) is 0 Å². The average Bonchev–Trinajstić information content (AvgIpc) is 3.42. The Kier molecular flexibility index (Phi) is 58.9. The third-order valence-electron chi connectivity index (χ3n) is 12.6. The third-order valence-corrected chi connectivity index (χ3v) is 12.6. The lowest BCUT2D eigenvalue weighted by molar-refractivity contribution is -0.166. The lowest BCUT2D eigenvalue weighted by atomic mass is 10.0. The summed E-state index contributed by atoms with van der Waals surface area (Å²) in [5, 5.41) is 0. The second kappa shape index (κ2) is 62.8. The topological polar surface area (TPSA) is 78.9 Å². The van der Waals surface area contributed by atoms with E-state index in [0.29, 0.717) is 19.3 Å². The van der Waals surface area contributed by atoms with Crippen molar-refractivity contribution in [2.45, 2.75) is 264 Å². The molecule has 428 valence electrons. The largest absolute Gasteiger partial charge is 0.462 e. The zero-order chi connectivity index (χ0) is 55.0. The van der Waals surface area contributed by atoms with E-state index >= 15 is 0 Å². The van der Waals surface area contributed by atoms with Crippen LogP contribution in [0.3, 0.4) is 0 Å². The number of hydrogen-bond donors (Lipinski definition) is 0. The summed E-state index contributed by atoms with van der Waals surface area (Å²) in [6.45, 7) is 6.34. The van der Waals surface area contributed by atoms with Crippen LogP contribution in [0.1, 0.15) is 258 Å². The number of esters is 3. The van der Waals surface area contributed by atoms with Gasteiger partial charge in [-0.05, 0) is 109 Å². The van der Waals surface area contributed by atoms with Crippen molar-refractivity contribution in [3.63, 3.8) is 0 Å². The van der Waals surface area contributed by atoms with Crippen molar-refractivity contribution in [2.75, 3.05) is 13.2 Å². The SMILES string of the molecule is CC/C=C\C/C=C\C/C=C\C/C=C\C/C=C\C/C=C\CCCCCCC(=O)OCC(COC(=O)CCCCCCCCCCCCCCCCCC)OC(=O)CC/C=C\C/C=C\C/C=C\C/C=C\C/C=C\C/C=C\CC. The first-order chi connectivity index (χ1) is 37.5. The van der Waals surface area contributed by atoms with Gasteiger partial charge in [-0.2, -0.15) is 0 Å². The number of ether oxygens (including phenoxy) is 3. The van der Waals surface area contributed by atoms with E-state index in [1.165, 1.54) is 83.5 Å². The Labute approximate surface area is 467 Å². The molecule has 0 saturated heterocycles. The van der Waals surface area contributed by atoms with E-state index in [4.69, 9.17) is 14.2 Å². The van der Waals surface area contributed by atoms with Crippen LogP contribution >= 0.6 is 0 Å². The molecular weight excluding hydrogens is 937 g/mol. The van der Waals surface area contributed by atoms with Gasteiger partial charge in [0, 0.05) is 19.3 Å². The molecule has 6 nitrogen and oxygen atoms in total. The van der Waals surface area contributed by atoms with Gasteiger partial charge in [0.05, 0.1) is 0 Å². The molecule has 0 aliphatic rings. The lowest BCUT2D eigenvalue weighted by Crippen LogP contribution is -2.30. The van der Waals surface area contributed by atoms with Gasteiger partial charge >= 0.3 is 17.9 Å². The molecule has 0 aromatic carbocycles. The fraction of sp³-hybridized carbons (Fsp3) is 0.614. The summed E-state index contributed by atoms with van der Waals surface area (Å²) in [5.74, 6) is -1.03. The van der Waals surface area contributed by atoms with Gasteiger partial charge in [0.25, 0.3) is 0 Å². The Morgan fingerprint density at radius 1 is 0.276 bits per heavy atom. The highest BCUT2D eigenvalue weighted by molar-refractivity contribution is 5.71. The number of carbonyl (C=O) groups is 3. The lowest BCUT2D eigenvalue weighted by Gasteiger charge is -2.18. The predicted molar refractivity (Wildman–Crippen MR) is 329 cm³/mol. The molecule has 0 saturated carbocycles. The Morgan fingerprint density at radius 3 is 0.855 bits per heavy atom. The van der Waals surface area contributed by atoms with E-state index in [2.05, 4.69) is 154 Å². The first-order valence-corrected chi connectivity index (χ1v) is 30.8. The summed E-state index contributed by atoms with van der Waals surface area (Å²) in [4.78, 5) is 38.3. The van der Waals surface area contributed by atoms with Crippen molar-refractivity contribution in [3.8, 4) is 0 Å². The third kappa shape index (κ3) is 60.2. The Hall–Kier alpha value is -4.71. The number of carbonyl (C=O) groups excluding carboxylic acids is 3. The number of allylic oxidation sites excluding steroid dienone is 24. The average molecular weight is 1050 g/mol. The van der Waals surface area contributed by atoms with Crippen molar-refractivity contribution < 1.29 is 28.6 Å². The van der Waals surface area contributed by atoms with Crippen molar-refractivity contribution in [1.82, 2.24) is 0 Å². The molecule has 0 aliphatic heterocycles. The molecule has 0 heterocycles. The van der Waals surface area contributed by atoms with Gasteiger partial charge in [-0.25, -0.2) is 0 Å². The van der Waals surface area contributed by atoms with Crippen molar-refractivity contribution >= 4 is 17.9 Å². The molecule has 0 amide bonds. The second-order valence-corrected chi connectivity index (χ2v) is 19.9. The monoisotopic (exact) mass is 1050 g/mol. The number of hydrogen-bond acceptors (Lipinski definition) is 6. The highest BCUT2D eigenvalue weighted by Gasteiger charge is 2.19. The first kappa shape index (κ1) is 71.3. The summed E-state index contributed by atoms with van der Waals surface area (Å²) < 4.78 is 16.8. The van der Waals surface area contributed by atoms with E-state index in [-0.39, 0.29) is 31.6 Å². The van der Waals surface area contributed by atoms with Gasteiger partial charge in [0.1, 0.15) is 13.2 Å². The van der Waals surface area contributed by atoms with Crippen LogP contribution in [0.15, 0.2) is 146 Å². The highest BCUT2D eigenvalue weighted by Crippen LogP contribution is 2.15. The van der Waals surface area contributed by atoms with E-state index in [0.717, 1.165) is 128 Å². The van der Waals surface area contributed by atoms with Crippen LogP contribution in [-0.2, 0) is 28.6 Å². The molecule has 0 aromatic heterocycles. The van der Waals surface area contributed by atoms with Gasteiger partial charge in [0.15, 0.2) is 6.10 Å². The van der Waals surface area contributed by atoms with Crippen LogP contribution in [0, 0.1) is 0 Å². The van der Waals surface area contributed by atoms with E-state index in [9.17, 15) is 14.4 Å². The van der Waals surface area contributed by atoms with Crippen molar-refractivity contribution in [1.29, 1.82) is 0 Å². The minimum absolute atomic E-state index is 0.120. The molecule has 0 N–H and O–H groups in total. The number of unbranched alkanes of at least 4 members (excludes halogenated alkanes) is 19. The highest BCUT2D eigenvalue weighted by atomic mass is 16.6. The normalized spacial score (nSPS) is 13.1. The number of rotatable bonds is 54. The van der Waals surface area contributed by atoms with Crippen molar-refractivity contribution in [2.24, 2.45) is 0 Å². The van der Waals surface area contributed by atoms with Gasteiger partial charge < -0.3 is 14.2 Å². The Bertz CT molecular complexity index is 1680. The molecule has 6 heteroatoms. The predicted octanol–water partition coefficient (Wildman–Crippen LogP) is 21.2. The minimum atomic E-state index is -0.835. The van der Waals surface area contributed by atoms with Crippen LogP contribution in [0.5, 0.6) is 0 Å². The van der Waals surface area contributed by atoms with Crippen molar-refractivity contribution in [3.05, 3.63) is 146 Å².